The molecule has 0 spiro atoms. The van der Waals surface area contributed by atoms with Crippen LogP contribution in [0.5, 0.6) is 0 Å². The van der Waals surface area contributed by atoms with Gasteiger partial charge in [-0.1, -0.05) is 29.8 Å². The smallest absolute Gasteiger partial charge is 0.303 e. The van der Waals surface area contributed by atoms with Crippen molar-refractivity contribution < 1.29 is 14.7 Å². The van der Waals surface area contributed by atoms with E-state index in [9.17, 15) is 9.59 Å². The summed E-state index contributed by atoms with van der Waals surface area (Å²) in [6.45, 7) is 7.28. The summed E-state index contributed by atoms with van der Waals surface area (Å²) in [4.78, 5) is 24.5. The zero-order valence-corrected chi connectivity index (χ0v) is 16.7. The second kappa shape index (κ2) is 9.35. The molecule has 0 aliphatic heterocycles. The van der Waals surface area contributed by atoms with Crippen LogP contribution in [0.1, 0.15) is 47.3 Å². The highest BCUT2D eigenvalue weighted by molar-refractivity contribution is 5.76. The van der Waals surface area contributed by atoms with Crippen molar-refractivity contribution in [1.29, 1.82) is 0 Å². The summed E-state index contributed by atoms with van der Waals surface area (Å²) in [6.07, 6.45) is 1.61. The van der Waals surface area contributed by atoms with Gasteiger partial charge in [0.2, 0.25) is 5.91 Å². The number of aromatic nitrogens is 2. The molecule has 0 saturated carbocycles. The number of rotatable bonds is 9. The van der Waals surface area contributed by atoms with Crippen LogP contribution in [0, 0.1) is 20.8 Å². The molecule has 1 amide bonds. The summed E-state index contributed by atoms with van der Waals surface area (Å²) >= 11 is 0. The Hall–Kier alpha value is -2.63. The molecule has 0 unspecified atom stereocenters. The highest BCUT2D eigenvalue weighted by Crippen LogP contribution is 2.17. The van der Waals surface area contributed by atoms with Gasteiger partial charge in [-0.15, -0.1) is 0 Å². The van der Waals surface area contributed by atoms with Gasteiger partial charge in [0.25, 0.3) is 0 Å². The van der Waals surface area contributed by atoms with Gasteiger partial charge in [0.1, 0.15) is 0 Å². The molecule has 0 aliphatic rings. The summed E-state index contributed by atoms with van der Waals surface area (Å²) in [6, 6.07) is 8.42. The van der Waals surface area contributed by atoms with E-state index in [1.165, 1.54) is 11.1 Å². The Morgan fingerprint density at radius 2 is 1.78 bits per heavy atom. The van der Waals surface area contributed by atoms with Gasteiger partial charge in [-0.05, 0) is 44.7 Å². The van der Waals surface area contributed by atoms with Crippen LogP contribution < -0.4 is 0 Å². The number of benzene rings is 1. The second-order valence-corrected chi connectivity index (χ2v) is 7.11. The van der Waals surface area contributed by atoms with Crippen LogP contribution in [0.25, 0.3) is 0 Å². The fraction of sp³-hybridized carbons (Fsp3) is 0.476. The third kappa shape index (κ3) is 5.94. The van der Waals surface area contributed by atoms with Crippen molar-refractivity contribution in [2.75, 3.05) is 13.6 Å². The lowest BCUT2D eigenvalue weighted by Gasteiger charge is -2.16. The lowest BCUT2D eigenvalue weighted by molar-refractivity contribution is -0.138. The van der Waals surface area contributed by atoms with Crippen molar-refractivity contribution in [2.45, 2.75) is 53.0 Å². The maximum atomic E-state index is 12.3. The van der Waals surface area contributed by atoms with Crippen LogP contribution in [0.4, 0.5) is 0 Å². The van der Waals surface area contributed by atoms with E-state index in [0.717, 1.165) is 23.5 Å². The Morgan fingerprint density at radius 3 is 2.41 bits per heavy atom. The van der Waals surface area contributed by atoms with Gasteiger partial charge < -0.3 is 10.0 Å². The van der Waals surface area contributed by atoms with Crippen LogP contribution >= 0.6 is 0 Å². The normalized spacial score (nSPS) is 10.8. The molecule has 0 atom stereocenters. The third-order valence-electron chi connectivity index (χ3n) is 4.88. The number of aliphatic carboxylic acids is 1. The largest absolute Gasteiger partial charge is 0.481 e. The number of carboxylic acids is 1. The van der Waals surface area contributed by atoms with E-state index >= 15 is 0 Å². The first-order chi connectivity index (χ1) is 12.8. The molecule has 6 nitrogen and oxygen atoms in total. The Morgan fingerprint density at radius 1 is 1.11 bits per heavy atom. The van der Waals surface area contributed by atoms with E-state index in [4.69, 9.17) is 5.11 Å². The van der Waals surface area contributed by atoms with Gasteiger partial charge in [0.15, 0.2) is 0 Å². The molecule has 0 fully saturated rings. The van der Waals surface area contributed by atoms with Crippen LogP contribution in [-0.4, -0.2) is 45.3 Å². The number of nitrogens with zero attached hydrogens (tertiary/aromatic N) is 3. The minimum absolute atomic E-state index is 0.0328. The van der Waals surface area contributed by atoms with Crippen LogP contribution in [0.2, 0.25) is 0 Å². The van der Waals surface area contributed by atoms with E-state index in [1.807, 2.05) is 18.5 Å². The van der Waals surface area contributed by atoms with Crippen molar-refractivity contribution in [2.24, 2.45) is 0 Å². The quantitative estimate of drug-likeness (QED) is 0.735. The van der Waals surface area contributed by atoms with Gasteiger partial charge >= 0.3 is 5.97 Å². The molecule has 1 aromatic carbocycles. The monoisotopic (exact) mass is 371 g/mol. The Labute approximate surface area is 160 Å². The Balaban J connectivity index is 1.94. The van der Waals surface area contributed by atoms with Crippen molar-refractivity contribution >= 4 is 11.9 Å². The zero-order valence-electron chi connectivity index (χ0n) is 16.7. The van der Waals surface area contributed by atoms with E-state index in [2.05, 4.69) is 36.3 Å². The van der Waals surface area contributed by atoms with Gasteiger partial charge in [0, 0.05) is 32.1 Å². The summed E-state index contributed by atoms with van der Waals surface area (Å²) < 4.78 is 2.00. The standard InChI is InChI=1S/C21H29N3O3/c1-15-7-9-18(10-8-15)14-24-17(3)19(16(2)22-24)11-12-20(25)23(4)13-5-6-21(26)27/h7-10H,5-6,11-14H2,1-4H3,(H,26,27). The van der Waals surface area contributed by atoms with Crippen LogP contribution in [0.15, 0.2) is 24.3 Å². The average molecular weight is 371 g/mol. The van der Waals surface area contributed by atoms with E-state index in [1.54, 1.807) is 11.9 Å². The van der Waals surface area contributed by atoms with Gasteiger partial charge in [-0.25, -0.2) is 0 Å². The van der Waals surface area contributed by atoms with Crippen molar-refractivity contribution in [3.05, 3.63) is 52.3 Å². The highest BCUT2D eigenvalue weighted by atomic mass is 16.4. The molecule has 0 aliphatic carbocycles. The average Bonchev–Trinajstić information content (AvgIpc) is 2.87. The first kappa shape index (κ1) is 20.7. The third-order valence-corrected chi connectivity index (χ3v) is 4.88. The minimum Gasteiger partial charge on any atom is -0.481 e. The summed E-state index contributed by atoms with van der Waals surface area (Å²) in [5.41, 5.74) is 5.61. The van der Waals surface area contributed by atoms with Crippen molar-refractivity contribution in [1.82, 2.24) is 14.7 Å². The van der Waals surface area contributed by atoms with E-state index < -0.39 is 5.97 Å². The minimum atomic E-state index is -0.830. The first-order valence-corrected chi connectivity index (χ1v) is 9.32. The predicted molar refractivity (Wildman–Crippen MR) is 105 cm³/mol. The summed E-state index contributed by atoms with van der Waals surface area (Å²) in [7, 11) is 1.73. The van der Waals surface area contributed by atoms with Gasteiger partial charge in [-0.3, -0.25) is 14.3 Å². The lowest BCUT2D eigenvalue weighted by Crippen LogP contribution is -2.28. The number of aryl methyl sites for hydroxylation is 2. The molecule has 1 N–H and O–H groups in total. The Kier molecular flexibility index (Phi) is 7.16. The molecule has 0 saturated heterocycles. The fourth-order valence-electron chi connectivity index (χ4n) is 3.13. The maximum absolute atomic E-state index is 12.3. The second-order valence-electron chi connectivity index (χ2n) is 7.11. The summed E-state index contributed by atoms with van der Waals surface area (Å²) in [5, 5.41) is 13.3. The fourth-order valence-corrected chi connectivity index (χ4v) is 3.13. The Bertz CT molecular complexity index is 794. The number of hydrogen-bond acceptors (Lipinski definition) is 3. The molecule has 1 heterocycles. The SMILES string of the molecule is Cc1ccc(Cn2nc(C)c(CCC(=O)N(C)CCCC(=O)O)c2C)cc1. The van der Waals surface area contributed by atoms with E-state index in [0.29, 0.717) is 25.8 Å². The van der Waals surface area contributed by atoms with Gasteiger partial charge in [-0.2, -0.15) is 5.10 Å². The molecule has 0 radical (unpaired) electrons. The van der Waals surface area contributed by atoms with Crippen molar-refractivity contribution in [3.8, 4) is 0 Å². The molecule has 2 rings (SSSR count). The molecule has 146 valence electrons. The van der Waals surface area contributed by atoms with Crippen molar-refractivity contribution in [3.63, 3.8) is 0 Å². The molecular weight excluding hydrogens is 342 g/mol. The van der Waals surface area contributed by atoms with Crippen LogP contribution in [0.3, 0.4) is 0 Å². The highest BCUT2D eigenvalue weighted by Gasteiger charge is 2.15. The zero-order chi connectivity index (χ0) is 20.0. The predicted octanol–water partition coefficient (Wildman–Crippen LogP) is 3.11. The number of carbonyl (C=O) groups is 2. The number of hydrogen-bond donors (Lipinski definition) is 1. The molecule has 27 heavy (non-hydrogen) atoms. The first-order valence-electron chi connectivity index (χ1n) is 9.32. The molecule has 1 aromatic heterocycles. The van der Waals surface area contributed by atoms with Gasteiger partial charge in [0.05, 0.1) is 12.2 Å². The number of amides is 1. The van der Waals surface area contributed by atoms with E-state index in [-0.39, 0.29) is 12.3 Å². The maximum Gasteiger partial charge on any atom is 0.303 e. The van der Waals surface area contributed by atoms with Crippen LogP contribution in [-0.2, 0) is 22.6 Å². The molecule has 2 aromatic rings. The number of carbonyl (C=O) groups excluding carboxylic acids is 1. The topological polar surface area (TPSA) is 75.4 Å². The molecular formula is C21H29N3O3. The molecule has 6 heteroatoms. The number of carboxylic acid groups (broad SMARTS) is 1. The molecule has 0 bridgehead atoms. The summed E-state index contributed by atoms with van der Waals surface area (Å²) in [5.74, 6) is -0.798. The lowest BCUT2D eigenvalue weighted by atomic mass is 10.1.